The molecule has 6 heteroatoms. The van der Waals surface area contributed by atoms with Crippen molar-refractivity contribution in [1.29, 1.82) is 0 Å². The van der Waals surface area contributed by atoms with E-state index in [-0.39, 0.29) is 11.6 Å². The van der Waals surface area contributed by atoms with E-state index >= 15 is 0 Å². The third kappa shape index (κ3) is 1.81. The van der Waals surface area contributed by atoms with Crippen molar-refractivity contribution in [2.24, 2.45) is 0 Å². The van der Waals surface area contributed by atoms with Gasteiger partial charge in [-0.3, -0.25) is 0 Å². The molecular formula is C10H9FN4O. The molecule has 0 N–H and O–H groups in total. The maximum absolute atomic E-state index is 13.4. The van der Waals surface area contributed by atoms with Gasteiger partial charge in [-0.15, -0.1) is 20.4 Å². The highest BCUT2D eigenvalue weighted by Gasteiger charge is 2.13. The van der Waals surface area contributed by atoms with Crippen LogP contribution in [0.3, 0.4) is 0 Å². The van der Waals surface area contributed by atoms with Gasteiger partial charge >= 0.3 is 0 Å². The van der Waals surface area contributed by atoms with Gasteiger partial charge in [0.1, 0.15) is 0 Å². The number of hydrogen-bond donors (Lipinski definition) is 0. The Hall–Kier alpha value is -2.11. The van der Waals surface area contributed by atoms with E-state index in [1.165, 1.54) is 13.2 Å². The van der Waals surface area contributed by atoms with E-state index in [0.717, 1.165) is 0 Å². The van der Waals surface area contributed by atoms with E-state index in [1.807, 2.05) is 0 Å². The van der Waals surface area contributed by atoms with Gasteiger partial charge in [0.2, 0.25) is 5.82 Å². The molecule has 0 radical (unpaired) electrons. The van der Waals surface area contributed by atoms with Gasteiger partial charge < -0.3 is 4.74 Å². The zero-order valence-corrected chi connectivity index (χ0v) is 8.81. The van der Waals surface area contributed by atoms with Crippen LogP contribution in [0.2, 0.25) is 0 Å². The molecular weight excluding hydrogens is 211 g/mol. The molecule has 2 rings (SSSR count). The van der Waals surface area contributed by atoms with Gasteiger partial charge in [0.25, 0.3) is 0 Å². The molecule has 1 heterocycles. The number of benzene rings is 1. The highest BCUT2D eigenvalue weighted by molar-refractivity contribution is 5.63. The molecule has 0 unspecified atom stereocenters. The van der Waals surface area contributed by atoms with Crippen molar-refractivity contribution < 1.29 is 9.13 Å². The molecule has 0 saturated heterocycles. The van der Waals surface area contributed by atoms with Crippen LogP contribution in [0.5, 0.6) is 5.75 Å². The van der Waals surface area contributed by atoms with Gasteiger partial charge in [-0.05, 0) is 19.1 Å². The molecule has 0 fully saturated rings. The number of para-hydroxylation sites is 1. The van der Waals surface area contributed by atoms with Gasteiger partial charge in [0.15, 0.2) is 17.4 Å². The van der Waals surface area contributed by atoms with E-state index in [2.05, 4.69) is 20.4 Å². The minimum absolute atomic E-state index is 0.0925. The van der Waals surface area contributed by atoms with Crippen LogP contribution in [0.25, 0.3) is 11.4 Å². The molecule has 0 aliphatic heterocycles. The van der Waals surface area contributed by atoms with Crippen molar-refractivity contribution >= 4 is 0 Å². The third-order valence-electron chi connectivity index (χ3n) is 1.99. The topological polar surface area (TPSA) is 60.8 Å². The van der Waals surface area contributed by atoms with Gasteiger partial charge in [0.05, 0.1) is 12.7 Å². The first kappa shape index (κ1) is 10.4. The van der Waals surface area contributed by atoms with Gasteiger partial charge in [0, 0.05) is 0 Å². The molecule has 1 aromatic heterocycles. The fraction of sp³-hybridized carbons (Fsp3) is 0.200. The minimum Gasteiger partial charge on any atom is -0.493 e. The van der Waals surface area contributed by atoms with Gasteiger partial charge in [-0.2, -0.15) is 0 Å². The Balaban J connectivity index is 2.55. The predicted octanol–water partition coefficient (Wildman–Crippen LogP) is 1.39. The number of rotatable bonds is 2. The Morgan fingerprint density at radius 1 is 1.12 bits per heavy atom. The molecule has 1 aromatic carbocycles. The Morgan fingerprint density at radius 3 is 2.44 bits per heavy atom. The lowest BCUT2D eigenvalue weighted by atomic mass is 10.2. The molecule has 0 aliphatic carbocycles. The number of hydrogen-bond acceptors (Lipinski definition) is 5. The zero-order valence-electron chi connectivity index (χ0n) is 8.81. The first-order valence-corrected chi connectivity index (χ1v) is 4.59. The maximum Gasteiger partial charge on any atom is 0.207 e. The highest BCUT2D eigenvalue weighted by Crippen LogP contribution is 2.28. The summed E-state index contributed by atoms with van der Waals surface area (Å²) >= 11 is 0. The fourth-order valence-electron chi connectivity index (χ4n) is 1.28. The van der Waals surface area contributed by atoms with Crippen molar-refractivity contribution in [2.75, 3.05) is 7.11 Å². The SMILES string of the molecule is COc1c(F)cccc1-c1nnc(C)nn1. The summed E-state index contributed by atoms with van der Waals surface area (Å²) < 4.78 is 18.3. The molecule has 0 atom stereocenters. The Labute approximate surface area is 91.3 Å². The number of ether oxygens (including phenoxy) is 1. The lowest BCUT2D eigenvalue weighted by Gasteiger charge is -2.06. The Morgan fingerprint density at radius 2 is 1.81 bits per heavy atom. The molecule has 2 aromatic rings. The predicted molar refractivity (Wildman–Crippen MR) is 54.3 cm³/mol. The summed E-state index contributed by atoms with van der Waals surface area (Å²) in [4.78, 5) is 0. The molecule has 0 bridgehead atoms. The van der Waals surface area contributed by atoms with Crippen molar-refractivity contribution in [3.05, 3.63) is 29.8 Å². The molecule has 5 nitrogen and oxygen atoms in total. The summed E-state index contributed by atoms with van der Waals surface area (Å²) in [5.74, 6) is 0.320. The second-order valence-electron chi connectivity index (χ2n) is 3.09. The molecule has 0 saturated carbocycles. The first-order chi connectivity index (χ1) is 7.72. The first-order valence-electron chi connectivity index (χ1n) is 4.59. The lowest BCUT2D eigenvalue weighted by molar-refractivity contribution is 0.388. The van der Waals surface area contributed by atoms with E-state index in [4.69, 9.17) is 4.74 Å². The third-order valence-corrected chi connectivity index (χ3v) is 1.99. The lowest BCUT2D eigenvalue weighted by Crippen LogP contribution is -2.00. The zero-order chi connectivity index (χ0) is 11.5. The smallest absolute Gasteiger partial charge is 0.207 e. The van der Waals surface area contributed by atoms with E-state index in [1.54, 1.807) is 19.1 Å². The fourth-order valence-corrected chi connectivity index (χ4v) is 1.28. The Bertz CT molecular complexity index is 501. The van der Waals surface area contributed by atoms with Crippen LogP contribution in [0, 0.1) is 12.7 Å². The number of nitrogens with zero attached hydrogens (tertiary/aromatic N) is 4. The number of halogens is 1. The van der Waals surface area contributed by atoms with Gasteiger partial charge in [-0.25, -0.2) is 4.39 Å². The molecule has 82 valence electrons. The van der Waals surface area contributed by atoms with E-state index in [0.29, 0.717) is 11.4 Å². The number of aryl methyl sites for hydroxylation is 1. The monoisotopic (exact) mass is 220 g/mol. The minimum atomic E-state index is -0.468. The van der Waals surface area contributed by atoms with Crippen molar-refractivity contribution in [3.8, 4) is 17.1 Å². The van der Waals surface area contributed by atoms with Crippen molar-refractivity contribution in [1.82, 2.24) is 20.4 Å². The molecule has 0 aliphatic rings. The number of aromatic nitrogens is 4. The Kier molecular flexibility index (Phi) is 2.72. The molecule has 0 spiro atoms. The van der Waals surface area contributed by atoms with E-state index in [9.17, 15) is 4.39 Å². The summed E-state index contributed by atoms with van der Waals surface area (Å²) in [6.45, 7) is 1.67. The average Bonchev–Trinajstić information content (AvgIpc) is 2.30. The van der Waals surface area contributed by atoms with Crippen LogP contribution >= 0.6 is 0 Å². The second kappa shape index (κ2) is 4.18. The standard InChI is InChI=1S/C10H9FN4O/c1-6-12-14-10(15-13-6)7-4-3-5-8(11)9(7)16-2/h3-5H,1-2H3. The maximum atomic E-state index is 13.4. The second-order valence-corrected chi connectivity index (χ2v) is 3.09. The van der Waals surface area contributed by atoms with Crippen LogP contribution in [0.1, 0.15) is 5.82 Å². The van der Waals surface area contributed by atoms with Crippen LogP contribution in [0.15, 0.2) is 18.2 Å². The number of methoxy groups -OCH3 is 1. The quantitative estimate of drug-likeness (QED) is 0.765. The molecule has 16 heavy (non-hydrogen) atoms. The van der Waals surface area contributed by atoms with Crippen LogP contribution < -0.4 is 4.74 Å². The summed E-state index contributed by atoms with van der Waals surface area (Å²) in [6.07, 6.45) is 0. The van der Waals surface area contributed by atoms with Crippen LogP contribution in [0.4, 0.5) is 4.39 Å². The van der Waals surface area contributed by atoms with E-state index < -0.39 is 5.82 Å². The summed E-state index contributed by atoms with van der Waals surface area (Å²) in [6, 6.07) is 4.50. The average molecular weight is 220 g/mol. The molecule has 0 amide bonds. The summed E-state index contributed by atoms with van der Waals surface area (Å²) in [5.41, 5.74) is 0.433. The van der Waals surface area contributed by atoms with Gasteiger partial charge in [-0.1, -0.05) is 6.07 Å². The van der Waals surface area contributed by atoms with Crippen molar-refractivity contribution in [2.45, 2.75) is 6.92 Å². The van der Waals surface area contributed by atoms with Crippen LogP contribution in [-0.2, 0) is 0 Å². The highest BCUT2D eigenvalue weighted by atomic mass is 19.1. The summed E-state index contributed by atoms with van der Waals surface area (Å²) in [5, 5.41) is 15.2. The summed E-state index contributed by atoms with van der Waals surface area (Å²) in [7, 11) is 1.39. The van der Waals surface area contributed by atoms with Crippen molar-refractivity contribution in [3.63, 3.8) is 0 Å². The largest absolute Gasteiger partial charge is 0.493 e. The normalized spacial score (nSPS) is 10.2. The van der Waals surface area contributed by atoms with Crippen LogP contribution in [-0.4, -0.2) is 27.5 Å².